The van der Waals surface area contributed by atoms with E-state index in [1.54, 1.807) is 20.8 Å². The van der Waals surface area contributed by atoms with Crippen molar-refractivity contribution in [2.75, 3.05) is 6.54 Å². The highest BCUT2D eigenvalue weighted by molar-refractivity contribution is 5.88. The molecule has 0 aliphatic heterocycles. The molecule has 1 fully saturated rings. The normalized spacial score (nSPS) is 20.1. The Morgan fingerprint density at radius 3 is 2.00 bits per heavy atom. The van der Waals surface area contributed by atoms with Gasteiger partial charge in [-0.05, 0) is 64.7 Å². The van der Waals surface area contributed by atoms with Gasteiger partial charge in [-0.1, -0.05) is 13.8 Å². The number of hydrogen-bond donors (Lipinski definition) is 5. The molecular weight excluding hydrogens is 446 g/mol. The molecule has 0 bridgehead atoms. The number of carboxylic acid groups (broad SMARTS) is 2. The van der Waals surface area contributed by atoms with Crippen LogP contribution in [0.2, 0.25) is 0 Å². The Labute approximate surface area is 200 Å². The maximum Gasteiger partial charge on any atom is 0.408 e. The number of rotatable bonds is 11. The minimum Gasteiger partial charge on any atom is -0.481 e. The highest BCUT2D eigenvalue weighted by Gasteiger charge is 2.31. The maximum absolute atomic E-state index is 12.7. The van der Waals surface area contributed by atoms with Gasteiger partial charge in [0.1, 0.15) is 17.7 Å². The molecule has 1 saturated carbocycles. The van der Waals surface area contributed by atoms with Crippen LogP contribution >= 0.6 is 0 Å². The standard InChI is InChI=1S/C23H39N3O8/c1-13(2)10-16(26-22(33)34-23(3,4)5)20(30)24-12-14-6-8-15(9-7-14)19(29)25-17(21(31)32)11-18(27)28/h13-17H,6-12H2,1-5H3,(H,24,30)(H,25,29)(H,26,33)(H,27,28)(H,31,32)/t14?,15?,16-,17+/m1/s1. The molecule has 0 unspecified atom stereocenters. The van der Waals surface area contributed by atoms with Crippen molar-refractivity contribution in [2.24, 2.45) is 17.8 Å². The average Bonchev–Trinajstić information content (AvgIpc) is 2.69. The van der Waals surface area contributed by atoms with Gasteiger partial charge < -0.3 is 30.9 Å². The highest BCUT2D eigenvalue weighted by atomic mass is 16.6. The Hall–Kier alpha value is -2.85. The molecule has 0 aromatic rings. The minimum atomic E-state index is -1.46. The van der Waals surface area contributed by atoms with Crippen LogP contribution in [-0.4, -0.2) is 64.3 Å². The number of hydrogen-bond acceptors (Lipinski definition) is 6. The van der Waals surface area contributed by atoms with Gasteiger partial charge in [-0.3, -0.25) is 14.4 Å². The molecule has 11 heteroatoms. The number of carboxylic acids is 2. The van der Waals surface area contributed by atoms with E-state index in [1.165, 1.54) is 0 Å². The molecule has 2 atom stereocenters. The van der Waals surface area contributed by atoms with Crippen LogP contribution in [0.25, 0.3) is 0 Å². The van der Waals surface area contributed by atoms with E-state index in [0.29, 0.717) is 38.6 Å². The molecule has 11 nitrogen and oxygen atoms in total. The van der Waals surface area contributed by atoms with Crippen LogP contribution in [-0.2, 0) is 23.9 Å². The SMILES string of the molecule is CC(C)C[C@@H](NC(=O)OC(C)(C)C)C(=O)NCC1CCC(C(=O)N[C@@H](CC(=O)O)C(=O)O)CC1. The molecule has 0 aromatic heterocycles. The van der Waals surface area contributed by atoms with Gasteiger partial charge in [-0.2, -0.15) is 0 Å². The van der Waals surface area contributed by atoms with E-state index in [1.807, 2.05) is 13.8 Å². The molecule has 0 saturated heterocycles. The Kier molecular flexibility index (Phi) is 11.3. The van der Waals surface area contributed by atoms with Crippen molar-refractivity contribution >= 4 is 29.8 Å². The summed E-state index contributed by atoms with van der Waals surface area (Å²) >= 11 is 0. The molecule has 194 valence electrons. The fourth-order valence-corrected chi connectivity index (χ4v) is 3.81. The van der Waals surface area contributed by atoms with Gasteiger partial charge in [0.25, 0.3) is 0 Å². The third-order valence-corrected chi connectivity index (χ3v) is 5.49. The van der Waals surface area contributed by atoms with E-state index in [4.69, 9.17) is 14.9 Å². The molecule has 3 amide bonds. The Balaban J connectivity index is 2.53. The second-order valence-corrected chi connectivity index (χ2v) is 10.3. The van der Waals surface area contributed by atoms with Crippen LogP contribution in [0.5, 0.6) is 0 Å². The van der Waals surface area contributed by atoms with Gasteiger partial charge >= 0.3 is 18.0 Å². The van der Waals surface area contributed by atoms with Crippen LogP contribution in [0.1, 0.15) is 73.1 Å². The third-order valence-electron chi connectivity index (χ3n) is 5.49. The van der Waals surface area contributed by atoms with Crippen molar-refractivity contribution < 1.29 is 38.9 Å². The summed E-state index contributed by atoms with van der Waals surface area (Å²) in [6, 6.07) is -2.18. The van der Waals surface area contributed by atoms with Crippen LogP contribution in [0.3, 0.4) is 0 Å². The maximum atomic E-state index is 12.7. The summed E-state index contributed by atoms with van der Waals surface area (Å²) in [5.74, 6) is -3.52. The van der Waals surface area contributed by atoms with Crippen LogP contribution in [0.4, 0.5) is 4.79 Å². The largest absolute Gasteiger partial charge is 0.481 e. The molecule has 0 radical (unpaired) electrons. The van der Waals surface area contributed by atoms with Gasteiger partial charge in [-0.25, -0.2) is 9.59 Å². The van der Waals surface area contributed by atoms with E-state index in [2.05, 4.69) is 16.0 Å². The first-order valence-corrected chi connectivity index (χ1v) is 11.7. The first kappa shape index (κ1) is 29.2. The first-order valence-electron chi connectivity index (χ1n) is 11.7. The summed E-state index contributed by atoms with van der Waals surface area (Å²) in [6.45, 7) is 9.54. The van der Waals surface area contributed by atoms with Crippen molar-refractivity contribution in [1.82, 2.24) is 16.0 Å². The predicted octanol–water partition coefficient (Wildman–Crippen LogP) is 1.89. The number of aliphatic carboxylic acids is 2. The zero-order chi connectivity index (χ0) is 26.1. The molecule has 1 aliphatic carbocycles. The Morgan fingerprint density at radius 2 is 1.53 bits per heavy atom. The van der Waals surface area contributed by atoms with Crippen LogP contribution in [0.15, 0.2) is 0 Å². The van der Waals surface area contributed by atoms with E-state index in [-0.39, 0.29) is 17.7 Å². The van der Waals surface area contributed by atoms with E-state index in [9.17, 15) is 24.0 Å². The lowest BCUT2D eigenvalue weighted by Gasteiger charge is -2.29. The molecule has 1 rings (SSSR count). The smallest absolute Gasteiger partial charge is 0.408 e. The van der Waals surface area contributed by atoms with Gasteiger partial charge in [-0.15, -0.1) is 0 Å². The topological polar surface area (TPSA) is 171 Å². The summed E-state index contributed by atoms with van der Waals surface area (Å²) in [7, 11) is 0. The average molecular weight is 486 g/mol. The lowest BCUT2D eigenvalue weighted by molar-refractivity contribution is -0.147. The second kappa shape index (κ2) is 13.1. The molecular formula is C23H39N3O8. The van der Waals surface area contributed by atoms with Gasteiger partial charge in [0.15, 0.2) is 0 Å². The van der Waals surface area contributed by atoms with Gasteiger partial charge in [0, 0.05) is 12.5 Å². The third kappa shape index (κ3) is 11.3. The number of alkyl carbamates (subject to hydrolysis) is 1. The predicted molar refractivity (Wildman–Crippen MR) is 123 cm³/mol. The summed E-state index contributed by atoms with van der Waals surface area (Å²) in [5, 5.41) is 25.7. The summed E-state index contributed by atoms with van der Waals surface area (Å²) < 4.78 is 5.25. The van der Waals surface area contributed by atoms with E-state index in [0.717, 1.165) is 0 Å². The molecule has 5 N–H and O–H groups in total. The second-order valence-electron chi connectivity index (χ2n) is 10.3. The van der Waals surface area contributed by atoms with Crippen molar-refractivity contribution in [3.8, 4) is 0 Å². The number of carbonyl (C=O) groups is 5. The number of nitrogens with one attached hydrogen (secondary N) is 3. The van der Waals surface area contributed by atoms with Gasteiger partial charge in [0.05, 0.1) is 6.42 Å². The van der Waals surface area contributed by atoms with Crippen molar-refractivity contribution in [1.29, 1.82) is 0 Å². The van der Waals surface area contributed by atoms with E-state index < -0.39 is 54.0 Å². The number of amides is 3. The molecule has 1 aliphatic rings. The first-order chi connectivity index (χ1) is 15.7. The summed E-state index contributed by atoms with van der Waals surface area (Å²) in [6.07, 6.45) is 1.46. The lowest BCUT2D eigenvalue weighted by atomic mass is 9.81. The number of carbonyl (C=O) groups excluding carboxylic acids is 3. The summed E-state index contributed by atoms with van der Waals surface area (Å²) in [4.78, 5) is 59.2. The van der Waals surface area contributed by atoms with Gasteiger partial charge in [0.2, 0.25) is 11.8 Å². The molecule has 0 aromatic carbocycles. The fourth-order valence-electron chi connectivity index (χ4n) is 3.81. The lowest BCUT2D eigenvalue weighted by Crippen LogP contribution is -2.50. The summed E-state index contributed by atoms with van der Waals surface area (Å²) in [5.41, 5.74) is -0.675. The zero-order valence-corrected chi connectivity index (χ0v) is 20.7. The van der Waals surface area contributed by atoms with Crippen molar-refractivity contribution in [3.05, 3.63) is 0 Å². The van der Waals surface area contributed by atoms with Crippen LogP contribution in [0, 0.1) is 17.8 Å². The van der Waals surface area contributed by atoms with Crippen molar-refractivity contribution in [2.45, 2.75) is 90.8 Å². The fraction of sp³-hybridized carbons (Fsp3) is 0.783. The quantitative estimate of drug-likeness (QED) is 0.295. The molecule has 0 heterocycles. The van der Waals surface area contributed by atoms with E-state index >= 15 is 0 Å². The number of ether oxygens (including phenoxy) is 1. The van der Waals surface area contributed by atoms with Crippen LogP contribution < -0.4 is 16.0 Å². The monoisotopic (exact) mass is 485 g/mol. The highest BCUT2D eigenvalue weighted by Crippen LogP contribution is 2.28. The molecule has 0 spiro atoms. The Bertz CT molecular complexity index is 739. The van der Waals surface area contributed by atoms with Crippen molar-refractivity contribution in [3.63, 3.8) is 0 Å². The minimum absolute atomic E-state index is 0.142. The Morgan fingerprint density at radius 1 is 0.941 bits per heavy atom. The zero-order valence-electron chi connectivity index (χ0n) is 20.7. The molecule has 34 heavy (non-hydrogen) atoms.